The lowest BCUT2D eigenvalue weighted by Gasteiger charge is -2.55. The maximum absolute atomic E-state index is 11.8. The summed E-state index contributed by atoms with van der Waals surface area (Å²) in [6.45, 7) is 6.77. The molecule has 0 aromatic carbocycles. The number of carbonyl (C=O) groups is 1. The minimum Gasteiger partial charge on any atom is -0.451 e. The summed E-state index contributed by atoms with van der Waals surface area (Å²) in [5.74, 6) is 2.43. The van der Waals surface area contributed by atoms with Gasteiger partial charge in [0.25, 0.3) is 0 Å². The van der Waals surface area contributed by atoms with Gasteiger partial charge < -0.3 is 15.6 Å². The topological polar surface area (TPSA) is 81.7 Å². The van der Waals surface area contributed by atoms with E-state index >= 15 is 0 Å². The number of rotatable bonds is 0. The summed E-state index contributed by atoms with van der Waals surface area (Å²) in [6.07, 6.45) is 13.4. The molecule has 0 aromatic heterocycles. The summed E-state index contributed by atoms with van der Waals surface area (Å²) >= 11 is 0. The average molecular weight is 355 g/mol. The summed E-state index contributed by atoms with van der Waals surface area (Å²) in [5.41, 5.74) is 3.13. The average Bonchev–Trinajstić information content (AvgIpc) is 3.10. The van der Waals surface area contributed by atoms with Crippen molar-refractivity contribution < 1.29 is 15.0 Å². The monoisotopic (exact) mass is 355 g/mol. The number of esters is 1. The van der Waals surface area contributed by atoms with Crippen molar-refractivity contribution in [3.8, 4) is 0 Å². The summed E-state index contributed by atoms with van der Waals surface area (Å²) in [7, 11) is 0. The Morgan fingerprint density at radius 1 is 1.23 bits per heavy atom. The Morgan fingerprint density at radius 3 is 2.77 bits per heavy atom. The normalized spacial score (nSPS) is 46.2. The predicted molar refractivity (Wildman–Crippen MR) is 101 cm³/mol. The first kappa shape index (κ1) is 17.7. The minimum absolute atomic E-state index is 0. The summed E-state index contributed by atoms with van der Waals surface area (Å²) in [6, 6.07) is 0. The standard InChI is InChI=1S/C22H27NO2.H2O/c1-13-11-18-16(15-4-3-14(23)12-17(13)15)5-8-21(2)19(18)6-9-22(21)10-7-20(24)25-22;/h7,10,12,15-16,18-19,23H,1,3-6,8-9,11H2,2H3;1H2/t15-,16?,18?,19?,21+,22-;/m1./s1. The van der Waals surface area contributed by atoms with Crippen LogP contribution in [-0.2, 0) is 9.53 Å². The first-order valence-corrected chi connectivity index (χ1v) is 9.83. The third kappa shape index (κ3) is 2.11. The van der Waals surface area contributed by atoms with Crippen LogP contribution in [0.15, 0.2) is 36.0 Å². The van der Waals surface area contributed by atoms with Crippen molar-refractivity contribution >= 4 is 11.7 Å². The molecule has 3 fully saturated rings. The maximum Gasteiger partial charge on any atom is 0.331 e. The van der Waals surface area contributed by atoms with Crippen LogP contribution < -0.4 is 0 Å². The van der Waals surface area contributed by atoms with Crippen LogP contribution in [-0.4, -0.2) is 22.8 Å². The molecule has 4 heteroatoms. The highest BCUT2D eigenvalue weighted by Crippen LogP contribution is 2.67. The van der Waals surface area contributed by atoms with Gasteiger partial charge in [-0.05, 0) is 86.3 Å². The Morgan fingerprint density at radius 2 is 2.04 bits per heavy atom. The lowest BCUT2D eigenvalue weighted by Crippen LogP contribution is -2.52. The zero-order valence-corrected chi connectivity index (χ0v) is 15.5. The van der Waals surface area contributed by atoms with Gasteiger partial charge in [0, 0.05) is 17.2 Å². The number of allylic oxidation sites excluding steroid dienone is 3. The SMILES string of the molecule is C=C1CC2C(CC[C@@]3(C)C2CC[C@@]32C=CC(=O)O2)[C@H]2CCC(=N)C=C12.O. The molecule has 0 radical (unpaired) electrons. The van der Waals surface area contributed by atoms with Crippen molar-refractivity contribution in [3.63, 3.8) is 0 Å². The number of nitrogens with one attached hydrogen (secondary N) is 1. The minimum atomic E-state index is -0.355. The lowest BCUT2D eigenvalue weighted by molar-refractivity contribution is -0.160. The highest BCUT2D eigenvalue weighted by molar-refractivity contribution is 5.94. The molecule has 0 amide bonds. The zero-order valence-electron chi connectivity index (χ0n) is 15.5. The van der Waals surface area contributed by atoms with Crippen molar-refractivity contribution in [1.82, 2.24) is 0 Å². The molecule has 6 atom stereocenters. The van der Waals surface area contributed by atoms with E-state index in [2.05, 4.69) is 25.7 Å². The van der Waals surface area contributed by atoms with Crippen LogP contribution in [0.1, 0.15) is 51.9 Å². The van der Waals surface area contributed by atoms with E-state index in [1.807, 2.05) is 0 Å². The number of hydrogen-bond donors (Lipinski definition) is 1. The van der Waals surface area contributed by atoms with E-state index in [0.717, 1.165) is 50.2 Å². The van der Waals surface area contributed by atoms with Gasteiger partial charge in [-0.1, -0.05) is 19.1 Å². The Kier molecular flexibility index (Phi) is 3.85. The number of fused-ring (bicyclic) bond motifs is 6. The Labute approximate surface area is 155 Å². The van der Waals surface area contributed by atoms with Crippen LogP contribution >= 0.6 is 0 Å². The molecule has 1 heterocycles. The molecule has 1 spiro atoms. The van der Waals surface area contributed by atoms with Gasteiger partial charge >= 0.3 is 5.97 Å². The number of ether oxygens (including phenoxy) is 1. The molecule has 5 rings (SSSR count). The van der Waals surface area contributed by atoms with Crippen LogP contribution in [0.3, 0.4) is 0 Å². The van der Waals surface area contributed by atoms with E-state index in [9.17, 15) is 4.79 Å². The number of hydrogen-bond acceptors (Lipinski definition) is 3. The third-order valence-corrected chi connectivity index (χ3v) is 8.31. The molecular weight excluding hydrogens is 326 g/mol. The van der Waals surface area contributed by atoms with Crippen molar-refractivity contribution in [3.05, 3.63) is 36.0 Å². The second kappa shape index (κ2) is 5.66. The fourth-order valence-corrected chi connectivity index (χ4v) is 7.08. The molecule has 0 bridgehead atoms. The van der Waals surface area contributed by atoms with E-state index in [1.165, 1.54) is 17.6 Å². The van der Waals surface area contributed by atoms with Crippen molar-refractivity contribution in [1.29, 1.82) is 5.41 Å². The van der Waals surface area contributed by atoms with Gasteiger partial charge in [0.05, 0.1) is 0 Å². The maximum atomic E-state index is 11.8. The molecule has 1 aliphatic heterocycles. The van der Waals surface area contributed by atoms with Gasteiger partial charge in [0.15, 0.2) is 0 Å². The van der Waals surface area contributed by atoms with Crippen molar-refractivity contribution in [2.45, 2.75) is 57.5 Å². The fourth-order valence-electron chi connectivity index (χ4n) is 7.08. The van der Waals surface area contributed by atoms with Gasteiger partial charge in [0.2, 0.25) is 0 Å². The second-order valence-corrected chi connectivity index (χ2v) is 9.15. The highest BCUT2D eigenvalue weighted by Gasteiger charge is 2.64. The van der Waals surface area contributed by atoms with Gasteiger partial charge in [-0.3, -0.25) is 0 Å². The Bertz CT molecular complexity index is 750. The Hall–Kier alpha value is -1.68. The Balaban J connectivity index is 0.00000168. The molecule has 3 N–H and O–H groups in total. The molecule has 3 saturated carbocycles. The van der Waals surface area contributed by atoms with Crippen LogP contribution in [0.4, 0.5) is 0 Å². The molecule has 4 nitrogen and oxygen atoms in total. The zero-order chi connectivity index (χ0) is 17.4. The molecule has 0 saturated heterocycles. The second-order valence-electron chi connectivity index (χ2n) is 9.15. The van der Waals surface area contributed by atoms with E-state index in [0.29, 0.717) is 17.8 Å². The van der Waals surface area contributed by atoms with Crippen molar-refractivity contribution in [2.75, 3.05) is 0 Å². The van der Waals surface area contributed by atoms with Crippen LogP contribution in [0, 0.1) is 34.5 Å². The summed E-state index contributed by atoms with van der Waals surface area (Å²) in [5, 5.41) is 8.04. The molecule has 5 aliphatic rings. The van der Waals surface area contributed by atoms with Crippen LogP contribution in [0.25, 0.3) is 0 Å². The first-order valence-electron chi connectivity index (χ1n) is 9.83. The first-order chi connectivity index (χ1) is 11.9. The van der Waals surface area contributed by atoms with E-state index in [-0.39, 0.29) is 22.5 Å². The van der Waals surface area contributed by atoms with Crippen LogP contribution in [0.5, 0.6) is 0 Å². The van der Waals surface area contributed by atoms with Crippen molar-refractivity contribution in [2.24, 2.45) is 29.1 Å². The smallest absolute Gasteiger partial charge is 0.331 e. The molecule has 0 aromatic rings. The quantitative estimate of drug-likeness (QED) is 0.671. The largest absolute Gasteiger partial charge is 0.451 e. The number of carbonyl (C=O) groups excluding carboxylic acids is 1. The van der Waals surface area contributed by atoms with E-state index in [4.69, 9.17) is 10.1 Å². The summed E-state index contributed by atoms with van der Waals surface area (Å²) in [4.78, 5) is 11.8. The molecular formula is C22H29NO3. The van der Waals surface area contributed by atoms with E-state index in [1.54, 1.807) is 6.08 Å². The van der Waals surface area contributed by atoms with Gasteiger partial charge in [0.1, 0.15) is 5.60 Å². The lowest BCUT2D eigenvalue weighted by atomic mass is 9.50. The third-order valence-electron chi connectivity index (χ3n) is 8.31. The van der Waals surface area contributed by atoms with Gasteiger partial charge in [-0.2, -0.15) is 0 Å². The van der Waals surface area contributed by atoms with Crippen LogP contribution in [0.2, 0.25) is 0 Å². The fraction of sp³-hybridized carbons (Fsp3) is 0.636. The molecule has 26 heavy (non-hydrogen) atoms. The predicted octanol–water partition coefficient (Wildman–Crippen LogP) is 3.77. The molecule has 4 aliphatic carbocycles. The van der Waals surface area contributed by atoms with E-state index < -0.39 is 0 Å². The molecule has 140 valence electrons. The molecule has 3 unspecified atom stereocenters. The highest BCUT2D eigenvalue weighted by atomic mass is 16.6. The summed E-state index contributed by atoms with van der Waals surface area (Å²) < 4.78 is 5.90. The van der Waals surface area contributed by atoms with Gasteiger partial charge in [-0.25, -0.2) is 4.79 Å². The van der Waals surface area contributed by atoms with Gasteiger partial charge in [-0.15, -0.1) is 0 Å².